The average molecular weight is 659 g/mol. The van der Waals surface area contributed by atoms with Gasteiger partial charge in [0.05, 0.1) is 22.7 Å². The maximum atomic E-state index is 2.65. The number of rotatable bonds is 4. The summed E-state index contributed by atoms with van der Waals surface area (Å²) in [5, 5.41) is 2.47. The highest BCUT2D eigenvalue weighted by atomic mass is 15.2. The Morgan fingerprint density at radius 2 is 0.843 bits per heavy atom. The van der Waals surface area contributed by atoms with Crippen LogP contribution in [0.3, 0.4) is 0 Å². The Kier molecular flexibility index (Phi) is 6.07. The smallest absolute Gasteiger partial charge is 0.0544 e. The van der Waals surface area contributed by atoms with E-state index in [2.05, 4.69) is 197 Å². The van der Waals surface area contributed by atoms with E-state index in [9.17, 15) is 0 Å². The quantitative estimate of drug-likeness (QED) is 0.186. The highest BCUT2D eigenvalue weighted by Gasteiger charge is 2.51. The summed E-state index contributed by atoms with van der Waals surface area (Å²) in [5.41, 5.74) is 18.2. The second kappa shape index (κ2) is 10.2. The van der Waals surface area contributed by atoms with Gasteiger partial charge in [-0.25, -0.2) is 0 Å². The average Bonchev–Trinajstić information content (AvgIpc) is 3.15. The van der Waals surface area contributed by atoms with Crippen molar-refractivity contribution in [2.75, 3.05) is 9.80 Å². The fraction of sp³-hybridized carbons (Fsp3) is 0.184. The van der Waals surface area contributed by atoms with E-state index in [1.54, 1.807) is 0 Å². The molecule has 0 unspecified atom stereocenters. The largest absolute Gasteiger partial charge is 0.310 e. The molecule has 10 rings (SSSR count). The van der Waals surface area contributed by atoms with Gasteiger partial charge in [0, 0.05) is 33.0 Å². The van der Waals surface area contributed by atoms with Crippen LogP contribution in [-0.4, -0.2) is 0 Å². The van der Waals surface area contributed by atoms with Crippen molar-refractivity contribution in [1.82, 2.24) is 0 Å². The van der Waals surface area contributed by atoms with Crippen LogP contribution in [-0.2, 0) is 16.2 Å². The van der Waals surface area contributed by atoms with Crippen molar-refractivity contribution in [3.63, 3.8) is 0 Å². The van der Waals surface area contributed by atoms with Crippen molar-refractivity contribution >= 4 is 44.9 Å². The van der Waals surface area contributed by atoms with Gasteiger partial charge in [0.1, 0.15) is 0 Å². The van der Waals surface area contributed by atoms with Gasteiger partial charge in [0.2, 0.25) is 0 Å². The summed E-state index contributed by atoms with van der Waals surface area (Å²) in [6, 6.07) is 54.2. The van der Waals surface area contributed by atoms with Gasteiger partial charge >= 0.3 is 0 Å². The first-order chi connectivity index (χ1) is 24.6. The molecule has 0 bridgehead atoms. The monoisotopic (exact) mass is 658 g/mol. The minimum atomic E-state index is -0.170. The van der Waals surface area contributed by atoms with Crippen molar-refractivity contribution in [2.45, 2.75) is 57.8 Å². The first kappa shape index (κ1) is 30.2. The molecule has 3 heterocycles. The summed E-state index contributed by atoms with van der Waals surface area (Å²) < 4.78 is 0. The number of para-hydroxylation sites is 3. The lowest BCUT2D eigenvalue weighted by Crippen LogP contribution is -2.43. The predicted octanol–water partition coefficient (Wildman–Crippen LogP) is 13.4. The van der Waals surface area contributed by atoms with E-state index in [-0.39, 0.29) is 16.2 Å². The molecular weight excluding hydrogens is 617 g/mol. The minimum Gasteiger partial charge on any atom is -0.310 e. The van der Waals surface area contributed by atoms with Crippen molar-refractivity contribution in [1.29, 1.82) is 0 Å². The van der Waals surface area contributed by atoms with E-state index in [0.717, 1.165) is 11.4 Å². The Morgan fingerprint density at radius 1 is 0.392 bits per heavy atom. The molecule has 3 aliphatic heterocycles. The molecule has 2 nitrogen and oxygen atoms in total. The molecule has 51 heavy (non-hydrogen) atoms. The van der Waals surface area contributed by atoms with Crippen LogP contribution in [0.4, 0.5) is 34.1 Å². The molecule has 7 aromatic carbocycles. The molecule has 7 aromatic rings. The Bertz CT molecular complexity index is 2460. The normalized spacial score (nSPS) is 16.5. The number of anilines is 6. The number of nitrogens with zero attached hydrogens (tertiary/aromatic N) is 2. The van der Waals surface area contributed by atoms with Crippen LogP contribution >= 0.6 is 0 Å². The summed E-state index contributed by atoms with van der Waals surface area (Å²) >= 11 is 0. The minimum absolute atomic E-state index is 0.0876. The highest BCUT2D eigenvalue weighted by molar-refractivity contribution is 6.00. The predicted molar refractivity (Wildman–Crippen MR) is 215 cm³/mol. The SMILES string of the molecule is CC1(C)c2cccc3c2N2c4c1cccc4C(C)(C)c1cc(-c4ccc(N(c5ccccc5)c5cccc6ccccc56)cc4)cc(c12)C3(C)C. The van der Waals surface area contributed by atoms with Crippen molar-refractivity contribution in [2.24, 2.45) is 0 Å². The molecule has 0 fully saturated rings. The maximum Gasteiger partial charge on any atom is 0.0544 e. The molecule has 0 radical (unpaired) electrons. The van der Waals surface area contributed by atoms with Crippen LogP contribution in [0.25, 0.3) is 21.9 Å². The maximum absolute atomic E-state index is 2.65. The third-order valence-corrected chi connectivity index (χ3v) is 12.4. The summed E-state index contributed by atoms with van der Waals surface area (Å²) in [6.45, 7) is 14.5. The summed E-state index contributed by atoms with van der Waals surface area (Å²) in [7, 11) is 0. The van der Waals surface area contributed by atoms with Gasteiger partial charge in [0.15, 0.2) is 0 Å². The third-order valence-electron chi connectivity index (χ3n) is 12.4. The molecule has 0 aliphatic carbocycles. The van der Waals surface area contributed by atoms with Gasteiger partial charge in [-0.1, -0.05) is 145 Å². The Morgan fingerprint density at radius 3 is 1.43 bits per heavy atom. The van der Waals surface area contributed by atoms with Crippen LogP contribution in [0, 0.1) is 0 Å². The van der Waals surface area contributed by atoms with Gasteiger partial charge in [-0.15, -0.1) is 0 Å². The van der Waals surface area contributed by atoms with Crippen LogP contribution in [0.1, 0.15) is 74.9 Å². The van der Waals surface area contributed by atoms with E-state index < -0.39 is 0 Å². The number of hydrogen-bond donors (Lipinski definition) is 0. The molecule has 0 saturated carbocycles. The lowest BCUT2D eigenvalue weighted by atomic mass is 9.60. The fourth-order valence-corrected chi connectivity index (χ4v) is 9.56. The van der Waals surface area contributed by atoms with Crippen LogP contribution < -0.4 is 9.80 Å². The van der Waals surface area contributed by atoms with Crippen LogP contribution in [0.2, 0.25) is 0 Å². The first-order valence-electron chi connectivity index (χ1n) is 18.3. The lowest BCUT2D eigenvalue weighted by molar-refractivity contribution is 0.567. The summed E-state index contributed by atoms with van der Waals surface area (Å²) in [4.78, 5) is 5.03. The molecular formula is C49H42N2. The molecule has 0 saturated heterocycles. The van der Waals surface area contributed by atoms with Crippen molar-refractivity contribution in [3.8, 4) is 11.1 Å². The molecule has 0 spiro atoms. The fourth-order valence-electron chi connectivity index (χ4n) is 9.56. The molecule has 0 amide bonds. The van der Waals surface area contributed by atoms with Gasteiger partial charge in [-0.2, -0.15) is 0 Å². The van der Waals surface area contributed by atoms with E-state index in [1.165, 1.54) is 78.0 Å². The van der Waals surface area contributed by atoms with Gasteiger partial charge in [-0.3, -0.25) is 0 Å². The number of hydrogen-bond acceptors (Lipinski definition) is 2. The second-order valence-electron chi connectivity index (χ2n) is 16.2. The lowest BCUT2D eigenvalue weighted by Gasteiger charge is -2.55. The zero-order valence-corrected chi connectivity index (χ0v) is 30.3. The Balaban J connectivity index is 1.16. The zero-order valence-electron chi connectivity index (χ0n) is 30.3. The van der Waals surface area contributed by atoms with E-state index in [4.69, 9.17) is 0 Å². The summed E-state index contributed by atoms with van der Waals surface area (Å²) in [5.74, 6) is 0. The van der Waals surface area contributed by atoms with Gasteiger partial charge in [0.25, 0.3) is 0 Å². The van der Waals surface area contributed by atoms with E-state index >= 15 is 0 Å². The second-order valence-corrected chi connectivity index (χ2v) is 16.2. The van der Waals surface area contributed by atoms with Gasteiger partial charge in [-0.05, 0) is 92.4 Å². The number of fused-ring (bicyclic) bond motifs is 1. The van der Waals surface area contributed by atoms with E-state index in [1.807, 2.05) is 0 Å². The third kappa shape index (κ3) is 3.99. The Hall–Kier alpha value is -5.60. The molecule has 0 atom stereocenters. The molecule has 248 valence electrons. The van der Waals surface area contributed by atoms with Gasteiger partial charge < -0.3 is 9.80 Å². The number of benzene rings is 7. The van der Waals surface area contributed by atoms with E-state index in [0.29, 0.717) is 0 Å². The molecule has 3 aliphatic rings. The van der Waals surface area contributed by atoms with Crippen molar-refractivity contribution < 1.29 is 0 Å². The van der Waals surface area contributed by atoms with Crippen LogP contribution in [0.5, 0.6) is 0 Å². The summed E-state index contributed by atoms with van der Waals surface area (Å²) in [6.07, 6.45) is 0. The van der Waals surface area contributed by atoms with Crippen molar-refractivity contribution in [3.05, 3.63) is 179 Å². The molecule has 0 aromatic heterocycles. The molecule has 2 heteroatoms. The highest BCUT2D eigenvalue weighted by Crippen LogP contribution is 2.66. The standard InChI is InChI=1S/C49H42N2/c1-47(2)37-20-13-22-39-44(37)51-45-38(47)21-14-23-40(45)49(5,6)42-30-33(29-41(46(42)51)48(39,3)4)31-25-27-35(28-26-31)50(34-17-8-7-9-18-34)43-24-12-16-32-15-10-11-19-36(32)43/h7-30H,1-6H3. The zero-order chi connectivity index (χ0) is 34.9. The molecule has 0 N–H and O–H groups in total. The topological polar surface area (TPSA) is 6.48 Å². The Labute approximate surface area is 301 Å². The van der Waals surface area contributed by atoms with Crippen LogP contribution in [0.15, 0.2) is 146 Å². The first-order valence-corrected chi connectivity index (χ1v) is 18.3.